The Kier molecular flexibility index (Phi) is 4.63. The van der Waals surface area contributed by atoms with Crippen LogP contribution in [0.3, 0.4) is 0 Å². The standard InChI is InChI=1S/C12H16N2O3/c1-3-7-13(4-2)11-6-5-10(9-15)12(8-11)14(16)17/h5-6,8-9H,3-4,7H2,1-2H3. The van der Waals surface area contributed by atoms with Crippen molar-refractivity contribution in [1.82, 2.24) is 0 Å². The fraction of sp³-hybridized carbons (Fsp3) is 0.417. The van der Waals surface area contributed by atoms with Crippen LogP contribution < -0.4 is 4.90 Å². The molecule has 0 heterocycles. The predicted molar refractivity (Wildman–Crippen MR) is 66.7 cm³/mol. The molecule has 0 aliphatic carbocycles. The smallest absolute Gasteiger partial charge is 0.281 e. The monoisotopic (exact) mass is 236 g/mol. The van der Waals surface area contributed by atoms with E-state index in [1.165, 1.54) is 12.1 Å². The zero-order valence-electron chi connectivity index (χ0n) is 10.0. The Morgan fingerprint density at radius 3 is 2.59 bits per heavy atom. The molecular formula is C12H16N2O3. The molecule has 5 heteroatoms. The minimum atomic E-state index is -0.521. The van der Waals surface area contributed by atoms with Crippen LogP contribution in [-0.4, -0.2) is 24.3 Å². The third kappa shape index (κ3) is 3.03. The summed E-state index contributed by atoms with van der Waals surface area (Å²) in [6.07, 6.45) is 1.48. The first-order valence-corrected chi connectivity index (χ1v) is 5.62. The second-order valence-electron chi connectivity index (χ2n) is 3.70. The summed E-state index contributed by atoms with van der Waals surface area (Å²) in [5.74, 6) is 0. The van der Waals surface area contributed by atoms with Gasteiger partial charge in [0.05, 0.1) is 10.5 Å². The van der Waals surface area contributed by atoms with E-state index in [-0.39, 0.29) is 11.3 Å². The molecular weight excluding hydrogens is 220 g/mol. The van der Waals surface area contributed by atoms with Gasteiger partial charge in [0.2, 0.25) is 0 Å². The summed E-state index contributed by atoms with van der Waals surface area (Å²) in [6.45, 7) is 5.67. The van der Waals surface area contributed by atoms with E-state index in [2.05, 4.69) is 6.92 Å². The van der Waals surface area contributed by atoms with Crippen molar-refractivity contribution in [2.75, 3.05) is 18.0 Å². The van der Waals surface area contributed by atoms with Crippen LogP contribution in [0.15, 0.2) is 18.2 Å². The molecule has 0 unspecified atom stereocenters. The zero-order chi connectivity index (χ0) is 12.8. The van der Waals surface area contributed by atoms with Crippen molar-refractivity contribution in [2.24, 2.45) is 0 Å². The lowest BCUT2D eigenvalue weighted by Crippen LogP contribution is -2.23. The molecule has 0 aliphatic heterocycles. The molecule has 0 spiro atoms. The molecule has 92 valence electrons. The van der Waals surface area contributed by atoms with E-state index in [9.17, 15) is 14.9 Å². The van der Waals surface area contributed by atoms with Crippen molar-refractivity contribution in [2.45, 2.75) is 20.3 Å². The molecule has 0 radical (unpaired) electrons. The molecule has 0 aromatic heterocycles. The maximum absolute atomic E-state index is 10.8. The Hall–Kier alpha value is -1.91. The summed E-state index contributed by atoms with van der Waals surface area (Å²) in [5.41, 5.74) is 0.769. The number of carbonyl (C=O) groups excluding carboxylic acids is 1. The number of hydrogen-bond acceptors (Lipinski definition) is 4. The fourth-order valence-electron chi connectivity index (χ4n) is 1.73. The molecule has 0 fully saturated rings. The van der Waals surface area contributed by atoms with Crippen molar-refractivity contribution in [3.63, 3.8) is 0 Å². The zero-order valence-corrected chi connectivity index (χ0v) is 10.0. The largest absolute Gasteiger partial charge is 0.372 e. The second-order valence-corrected chi connectivity index (χ2v) is 3.70. The maximum atomic E-state index is 10.8. The van der Waals surface area contributed by atoms with Crippen LogP contribution in [0.5, 0.6) is 0 Å². The predicted octanol–water partition coefficient (Wildman–Crippen LogP) is 2.64. The summed E-state index contributed by atoms with van der Waals surface area (Å²) in [4.78, 5) is 23.0. The maximum Gasteiger partial charge on any atom is 0.281 e. The molecule has 17 heavy (non-hydrogen) atoms. The number of nitro benzene ring substituents is 1. The minimum absolute atomic E-state index is 0.117. The average Bonchev–Trinajstić information content (AvgIpc) is 2.35. The molecule has 0 atom stereocenters. The second kappa shape index (κ2) is 5.98. The molecule has 1 rings (SSSR count). The Labute approximate surface area is 100 Å². The Morgan fingerprint density at radius 2 is 2.12 bits per heavy atom. The van der Waals surface area contributed by atoms with Crippen LogP contribution in [0.1, 0.15) is 30.6 Å². The molecule has 1 aromatic rings. The first-order valence-electron chi connectivity index (χ1n) is 5.62. The Morgan fingerprint density at radius 1 is 1.41 bits per heavy atom. The molecule has 5 nitrogen and oxygen atoms in total. The van der Waals surface area contributed by atoms with Crippen molar-refractivity contribution >= 4 is 17.7 Å². The highest BCUT2D eigenvalue weighted by molar-refractivity contribution is 5.82. The van der Waals surface area contributed by atoms with Gasteiger partial charge in [-0.25, -0.2) is 0 Å². The Bertz CT molecular complexity index is 418. The molecule has 0 saturated heterocycles. The summed E-state index contributed by atoms with van der Waals surface area (Å²) in [6, 6.07) is 4.71. The Balaban J connectivity index is 3.14. The third-order valence-corrected chi connectivity index (χ3v) is 2.58. The topological polar surface area (TPSA) is 63.5 Å². The number of rotatable bonds is 6. The minimum Gasteiger partial charge on any atom is -0.372 e. The number of anilines is 1. The summed E-state index contributed by atoms with van der Waals surface area (Å²) in [5, 5.41) is 10.8. The van der Waals surface area contributed by atoms with Crippen molar-refractivity contribution in [1.29, 1.82) is 0 Å². The average molecular weight is 236 g/mol. The van der Waals surface area contributed by atoms with Crippen LogP contribution in [-0.2, 0) is 0 Å². The number of aldehydes is 1. The van der Waals surface area contributed by atoms with Gasteiger partial charge in [-0.05, 0) is 25.5 Å². The lowest BCUT2D eigenvalue weighted by Gasteiger charge is -2.22. The van der Waals surface area contributed by atoms with Gasteiger partial charge in [-0.15, -0.1) is 0 Å². The molecule has 0 N–H and O–H groups in total. The van der Waals surface area contributed by atoms with E-state index in [1.807, 2.05) is 11.8 Å². The van der Waals surface area contributed by atoms with Crippen molar-refractivity contribution < 1.29 is 9.72 Å². The van der Waals surface area contributed by atoms with Crippen LogP contribution in [0.2, 0.25) is 0 Å². The van der Waals surface area contributed by atoms with Gasteiger partial charge in [0.15, 0.2) is 6.29 Å². The van der Waals surface area contributed by atoms with Crippen molar-refractivity contribution in [3.05, 3.63) is 33.9 Å². The van der Waals surface area contributed by atoms with Crippen molar-refractivity contribution in [3.8, 4) is 0 Å². The van der Waals surface area contributed by atoms with Gasteiger partial charge in [0.1, 0.15) is 0 Å². The summed E-state index contributed by atoms with van der Waals surface area (Å²) < 4.78 is 0. The molecule has 0 bridgehead atoms. The van der Waals surface area contributed by atoms with Gasteiger partial charge in [0, 0.05) is 24.8 Å². The van der Waals surface area contributed by atoms with Gasteiger partial charge in [-0.1, -0.05) is 6.92 Å². The van der Waals surface area contributed by atoms with Gasteiger partial charge >= 0.3 is 0 Å². The lowest BCUT2D eigenvalue weighted by molar-refractivity contribution is -0.385. The van der Waals surface area contributed by atoms with E-state index >= 15 is 0 Å². The van der Waals surface area contributed by atoms with Gasteiger partial charge in [0.25, 0.3) is 5.69 Å². The summed E-state index contributed by atoms with van der Waals surface area (Å²) >= 11 is 0. The van der Waals surface area contributed by atoms with Gasteiger partial charge in [-0.3, -0.25) is 14.9 Å². The van der Waals surface area contributed by atoms with Crippen LogP contribution >= 0.6 is 0 Å². The van der Waals surface area contributed by atoms with E-state index in [4.69, 9.17) is 0 Å². The molecule has 1 aromatic carbocycles. The number of nitrogens with zero attached hydrogens (tertiary/aromatic N) is 2. The number of benzene rings is 1. The van der Waals surface area contributed by atoms with E-state index in [1.54, 1.807) is 6.07 Å². The first-order chi connectivity index (χ1) is 8.13. The van der Waals surface area contributed by atoms with Gasteiger partial charge in [-0.2, -0.15) is 0 Å². The summed E-state index contributed by atoms with van der Waals surface area (Å²) in [7, 11) is 0. The highest BCUT2D eigenvalue weighted by atomic mass is 16.6. The normalized spacial score (nSPS) is 10.0. The van der Waals surface area contributed by atoms with Gasteiger partial charge < -0.3 is 4.90 Å². The number of nitro groups is 1. The third-order valence-electron chi connectivity index (χ3n) is 2.58. The molecule has 0 saturated carbocycles. The van der Waals surface area contributed by atoms with Crippen LogP contribution in [0, 0.1) is 10.1 Å². The van der Waals surface area contributed by atoms with Crippen LogP contribution in [0.4, 0.5) is 11.4 Å². The lowest BCUT2D eigenvalue weighted by atomic mass is 10.1. The van der Waals surface area contributed by atoms with Crippen LogP contribution in [0.25, 0.3) is 0 Å². The first kappa shape index (κ1) is 13.2. The molecule has 0 aliphatic rings. The fourth-order valence-corrected chi connectivity index (χ4v) is 1.73. The quantitative estimate of drug-likeness (QED) is 0.432. The number of hydrogen-bond donors (Lipinski definition) is 0. The highest BCUT2D eigenvalue weighted by Crippen LogP contribution is 2.24. The number of carbonyl (C=O) groups is 1. The SMILES string of the molecule is CCCN(CC)c1ccc(C=O)c([N+](=O)[O-])c1. The highest BCUT2D eigenvalue weighted by Gasteiger charge is 2.15. The van der Waals surface area contributed by atoms with E-state index < -0.39 is 4.92 Å². The van der Waals surface area contributed by atoms with E-state index in [0.29, 0.717) is 6.29 Å². The molecule has 0 amide bonds. The van der Waals surface area contributed by atoms with E-state index in [0.717, 1.165) is 25.2 Å².